The van der Waals surface area contributed by atoms with E-state index in [0.717, 1.165) is 11.1 Å². The standard InChI is InChI=1S/C27H31N5O4/c1-27(2,3)36-26(35)29-15-13-24(33)32(4)22-10-7-20(8-11-22)23-12-9-21(18-30-23)25(34)31-17-19-6-5-14-28-16-19/h5-12,14,16,18H,13,15,17H2,1-4H3,(H,29,35)(H,31,34). The summed E-state index contributed by atoms with van der Waals surface area (Å²) in [6.45, 7) is 5.91. The van der Waals surface area contributed by atoms with Gasteiger partial charge in [0, 0.05) is 56.4 Å². The first-order chi connectivity index (χ1) is 17.1. The lowest BCUT2D eigenvalue weighted by Gasteiger charge is -2.20. The van der Waals surface area contributed by atoms with E-state index < -0.39 is 11.7 Å². The summed E-state index contributed by atoms with van der Waals surface area (Å²) in [5, 5.41) is 5.44. The molecule has 0 saturated heterocycles. The zero-order valence-corrected chi connectivity index (χ0v) is 20.9. The Balaban J connectivity index is 1.51. The molecule has 0 fully saturated rings. The highest BCUT2D eigenvalue weighted by molar-refractivity contribution is 5.94. The highest BCUT2D eigenvalue weighted by Crippen LogP contribution is 2.22. The summed E-state index contributed by atoms with van der Waals surface area (Å²) >= 11 is 0. The third kappa shape index (κ3) is 7.90. The molecule has 0 unspecified atom stereocenters. The number of amides is 3. The molecule has 3 amide bonds. The van der Waals surface area contributed by atoms with Crippen LogP contribution in [-0.4, -0.2) is 47.1 Å². The van der Waals surface area contributed by atoms with Crippen LogP contribution in [0.25, 0.3) is 11.3 Å². The fourth-order valence-corrected chi connectivity index (χ4v) is 3.24. The van der Waals surface area contributed by atoms with Crippen molar-refractivity contribution in [1.82, 2.24) is 20.6 Å². The minimum atomic E-state index is -0.589. The summed E-state index contributed by atoms with van der Waals surface area (Å²) in [6, 6.07) is 14.6. The summed E-state index contributed by atoms with van der Waals surface area (Å²) in [4.78, 5) is 46.6. The van der Waals surface area contributed by atoms with Crippen LogP contribution in [0.15, 0.2) is 67.1 Å². The lowest BCUT2D eigenvalue weighted by molar-refractivity contribution is -0.118. The Hall–Kier alpha value is -4.27. The number of pyridine rings is 2. The van der Waals surface area contributed by atoms with Crippen LogP contribution >= 0.6 is 0 Å². The van der Waals surface area contributed by atoms with Gasteiger partial charge in [-0.05, 0) is 56.7 Å². The van der Waals surface area contributed by atoms with Crippen molar-refractivity contribution in [3.05, 3.63) is 78.2 Å². The van der Waals surface area contributed by atoms with Gasteiger partial charge >= 0.3 is 6.09 Å². The van der Waals surface area contributed by atoms with Gasteiger partial charge in [-0.3, -0.25) is 19.6 Å². The van der Waals surface area contributed by atoms with Crippen LogP contribution < -0.4 is 15.5 Å². The maximum absolute atomic E-state index is 12.5. The van der Waals surface area contributed by atoms with Crippen LogP contribution in [0.1, 0.15) is 43.1 Å². The molecule has 9 heteroatoms. The van der Waals surface area contributed by atoms with E-state index in [1.54, 1.807) is 52.3 Å². The van der Waals surface area contributed by atoms with Crippen LogP contribution in [0.4, 0.5) is 10.5 Å². The molecular formula is C27H31N5O4. The Morgan fingerprint density at radius 1 is 0.972 bits per heavy atom. The molecule has 0 spiro atoms. The van der Waals surface area contributed by atoms with Gasteiger partial charge in [-0.25, -0.2) is 4.79 Å². The maximum Gasteiger partial charge on any atom is 0.407 e. The van der Waals surface area contributed by atoms with E-state index in [0.29, 0.717) is 23.5 Å². The molecule has 0 aliphatic heterocycles. The van der Waals surface area contributed by atoms with E-state index in [9.17, 15) is 14.4 Å². The van der Waals surface area contributed by atoms with Gasteiger partial charge in [0.15, 0.2) is 0 Å². The molecule has 3 aromatic rings. The molecule has 188 valence electrons. The Kier molecular flexibility index (Phi) is 8.72. The average molecular weight is 490 g/mol. The first kappa shape index (κ1) is 26.3. The predicted octanol–water partition coefficient (Wildman–Crippen LogP) is 3.95. The molecule has 0 atom stereocenters. The number of rotatable bonds is 8. The second-order valence-electron chi connectivity index (χ2n) is 9.15. The van der Waals surface area contributed by atoms with Crippen molar-refractivity contribution < 1.29 is 19.1 Å². The number of nitrogens with one attached hydrogen (secondary N) is 2. The molecular weight excluding hydrogens is 458 g/mol. The number of anilines is 1. The van der Waals surface area contributed by atoms with E-state index in [-0.39, 0.29) is 24.8 Å². The fourth-order valence-electron chi connectivity index (χ4n) is 3.24. The molecule has 2 N–H and O–H groups in total. The first-order valence-corrected chi connectivity index (χ1v) is 11.6. The zero-order chi connectivity index (χ0) is 26.1. The van der Waals surface area contributed by atoms with Gasteiger partial charge in [0.25, 0.3) is 5.91 Å². The number of carbonyl (C=O) groups excluding carboxylic acids is 3. The van der Waals surface area contributed by atoms with Crippen LogP contribution in [-0.2, 0) is 16.1 Å². The quantitative estimate of drug-likeness (QED) is 0.495. The Morgan fingerprint density at radius 2 is 1.72 bits per heavy atom. The van der Waals surface area contributed by atoms with Gasteiger partial charge in [-0.2, -0.15) is 0 Å². The van der Waals surface area contributed by atoms with Crippen LogP contribution in [0.3, 0.4) is 0 Å². The SMILES string of the molecule is CN(C(=O)CCNC(=O)OC(C)(C)C)c1ccc(-c2ccc(C(=O)NCc3cccnc3)cn2)cc1. The molecule has 0 aliphatic carbocycles. The lowest BCUT2D eigenvalue weighted by atomic mass is 10.1. The third-order valence-corrected chi connectivity index (χ3v) is 5.13. The van der Waals surface area contributed by atoms with Gasteiger partial charge < -0.3 is 20.3 Å². The van der Waals surface area contributed by atoms with E-state index in [4.69, 9.17) is 4.74 Å². The van der Waals surface area contributed by atoms with Gasteiger partial charge in [0.1, 0.15) is 5.60 Å². The minimum absolute atomic E-state index is 0.140. The molecule has 9 nitrogen and oxygen atoms in total. The number of hydrogen-bond donors (Lipinski definition) is 2. The molecule has 36 heavy (non-hydrogen) atoms. The van der Waals surface area contributed by atoms with E-state index >= 15 is 0 Å². The topological polar surface area (TPSA) is 114 Å². The molecule has 0 bridgehead atoms. The van der Waals surface area contributed by atoms with Gasteiger partial charge in [0.2, 0.25) is 5.91 Å². The molecule has 0 aliphatic rings. The maximum atomic E-state index is 12.5. The van der Waals surface area contributed by atoms with Crippen molar-refractivity contribution in [2.75, 3.05) is 18.5 Å². The van der Waals surface area contributed by atoms with Crippen molar-refractivity contribution in [1.29, 1.82) is 0 Å². The second-order valence-corrected chi connectivity index (χ2v) is 9.15. The number of hydrogen-bond acceptors (Lipinski definition) is 6. The van der Waals surface area contributed by atoms with Crippen LogP contribution in [0.5, 0.6) is 0 Å². The van der Waals surface area contributed by atoms with Crippen molar-refractivity contribution in [3.63, 3.8) is 0 Å². The van der Waals surface area contributed by atoms with Gasteiger partial charge in [0.05, 0.1) is 11.3 Å². The second kappa shape index (κ2) is 11.9. The fraction of sp³-hybridized carbons (Fsp3) is 0.296. The molecule has 0 radical (unpaired) electrons. The number of nitrogens with zero attached hydrogens (tertiary/aromatic N) is 3. The number of aromatic nitrogens is 2. The highest BCUT2D eigenvalue weighted by atomic mass is 16.6. The predicted molar refractivity (Wildman–Crippen MR) is 137 cm³/mol. The summed E-state index contributed by atoms with van der Waals surface area (Å²) < 4.78 is 5.17. The van der Waals surface area contributed by atoms with Gasteiger partial charge in [-0.1, -0.05) is 18.2 Å². The van der Waals surface area contributed by atoms with Crippen LogP contribution in [0.2, 0.25) is 0 Å². The molecule has 3 rings (SSSR count). The average Bonchev–Trinajstić information content (AvgIpc) is 2.86. The van der Waals surface area contributed by atoms with E-state index in [1.807, 2.05) is 36.4 Å². The highest BCUT2D eigenvalue weighted by Gasteiger charge is 2.17. The normalized spacial score (nSPS) is 10.9. The van der Waals surface area contributed by atoms with Crippen molar-refractivity contribution in [3.8, 4) is 11.3 Å². The van der Waals surface area contributed by atoms with Gasteiger partial charge in [-0.15, -0.1) is 0 Å². The van der Waals surface area contributed by atoms with E-state index in [1.165, 1.54) is 11.1 Å². The van der Waals surface area contributed by atoms with Crippen molar-refractivity contribution >= 4 is 23.6 Å². The first-order valence-electron chi connectivity index (χ1n) is 11.6. The number of carbonyl (C=O) groups is 3. The lowest BCUT2D eigenvalue weighted by Crippen LogP contribution is -2.35. The Labute approximate surface area is 210 Å². The number of benzene rings is 1. The largest absolute Gasteiger partial charge is 0.444 e. The van der Waals surface area contributed by atoms with Crippen molar-refractivity contribution in [2.24, 2.45) is 0 Å². The number of ether oxygens (including phenoxy) is 1. The molecule has 2 aromatic heterocycles. The zero-order valence-electron chi connectivity index (χ0n) is 20.9. The smallest absolute Gasteiger partial charge is 0.407 e. The Morgan fingerprint density at radius 3 is 2.33 bits per heavy atom. The van der Waals surface area contributed by atoms with Crippen LogP contribution in [0, 0.1) is 0 Å². The van der Waals surface area contributed by atoms with E-state index in [2.05, 4.69) is 20.6 Å². The molecule has 1 aromatic carbocycles. The summed E-state index contributed by atoms with van der Waals surface area (Å²) in [7, 11) is 1.68. The minimum Gasteiger partial charge on any atom is -0.444 e. The Bertz CT molecular complexity index is 1170. The molecule has 0 saturated carbocycles. The van der Waals surface area contributed by atoms with Crippen molar-refractivity contribution in [2.45, 2.75) is 39.3 Å². The molecule has 2 heterocycles. The summed E-state index contributed by atoms with van der Waals surface area (Å²) in [6.07, 6.45) is 4.52. The summed E-state index contributed by atoms with van der Waals surface area (Å²) in [5.41, 5.74) is 3.07. The third-order valence-electron chi connectivity index (χ3n) is 5.13. The summed E-state index contributed by atoms with van der Waals surface area (Å²) in [5.74, 6) is -0.354. The number of alkyl carbamates (subject to hydrolysis) is 1. The monoisotopic (exact) mass is 489 g/mol.